The molecule has 0 aliphatic carbocycles. The molecule has 0 aliphatic heterocycles. The zero-order chi connectivity index (χ0) is 13.5. The number of hydrogen-bond donors (Lipinski definition) is 1. The summed E-state index contributed by atoms with van der Waals surface area (Å²) >= 11 is 0. The van der Waals surface area contributed by atoms with Gasteiger partial charge in [-0.1, -0.05) is 6.92 Å². The molecular weight excluding hydrogens is 238 g/mol. The standard InChI is InChI=1S/C15H21N3O/c1-3-16-10-15-14(6-9-19-15)12-18(2)11-13-4-7-17-8-5-13/h4-9,16H,3,10-12H2,1-2H3. The van der Waals surface area contributed by atoms with Gasteiger partial charge in [-0.05, 0) is 37.4 Å². The van der Waals surface area contributed by atoms with Crippen LogP contribution in [-0.4, -0.2) is 23.5 Å². The minimum atomic E-state index is 0.794. The molecular formula is C15H21N3O. The van der Waals surface area contributed by atoms with Crippen molar-refractivity contribution >= 4 is 0 Å². The molecule has 2 aromatic heterocycles. The van der Waals surface area contributed by atoms with E-state index < -0.39 is 0 Å². The predicted octanol–water partition coefficient (Wildman–Crippen LogP) is 2.42. The average molecular weight is 259 g/mol. The second-order valence-corrected chi connectivity index (χ2v) is 4.68. The summed E-state index contributed by atoms with van der Waals surface area (Å²) < 4.78 is 5.52. The number of furan rings is 1. The summed E-state index contributed by atoms with van der Waals surface area (Å²) in [6.07, 6.45) is 5.43. The van der Waals surface area contributed by atoms with Crippen LogP contribution in [0.4, 0.5) is 0 Å². The summed E-state index contributed by atoms with van der Waals surface area (Å²) in [5.74, 6) is 1.03. The van der Waals surface area contributed by atoms with E-state index in [4.69, 9.17) is 4.42 Å². The van der Waals surface area contributed by atoms with Gasteiger partial charge in [0.05, 0.1) is 12.8 Å². The lowest BCUT2D eigenvalue weighted by atomic mass is 10.2. The first kappa shape index (κ1) is 13.8. The summed E-state index contributed by atoms with van der Waals surface area (Å²) in [6.45, 7) is 5.64. The number of nitrogens with zero attached hydrogens (tertiary/aromatic N) is 2. The highest BCUT2D eigenvalue weighted by atomic mass is 16.3. The molecule has 0 unspecified atom stereocenters. The Hall–Kier alpha value is -1.65. The van der Waals surface area contributed by atoms with Gasteiger partial charge in [-0.3, -0.25) is 9.88 Å². The molecule has 2 aromatic rings. The van der Waals surface area contributed by atoms with Crippen molar-refractivity contribution in [3.05, 3.63) is 53.7 Å². The molecule has 0 radical (unpaired) electrons. The van der Waals surface area contributed by atoms with Crippen LogP contribution in [0.15, 0.2) is 41.3 Å². The van der Waals surface area contributed by atoms with E-state index in [0.717, 1.165) is 31.9 Å². The zero-order valence-corrected chi connectivity index (χ0v) is 11.6. The normalized spacial score (nSPS) is 11.1. The summed E-state index contributed by atoms with van der Waals surface area (Å²) in [7, 11) is 2.12. The Morgan fingerprint density at radius 1 is 1.21 bits per heavy atom. The Balaban J connectivity index is 1.91. The third kappa shape index (κ3) is 4.19. The van der Waals surface area contributed by atoms with Gasteiger partial charge in [0.25, 0.3) is 0 Å². The Kier molecular flexibility index (Phi) is 5.12. The molecule has 102 valence electrons. The molecule has 0 atom stereocenters. The van der Waals surface area contributed by atoms with Crippen molar-refractivity contribution in [1.82, 2.24) is 15.2 Å². The molecule has 0 aromatic carbocycles. The van der Waals surface area contributed by atoms with Gasteiger partial charge in [0, 0.05) is 31.0 Å². The van der Waals surface area contributed by atoms with Crippen LogP contribution in [0.1, 0.15) is 23.8 Å². The second-order valence-electron chi connectivity index (χ2n) is 4.68. The van der Waals surface area contributed by atoms with Crippen LogP contribution in [0.25, 0.3) is 0 Å². The maximum absolute atomic E-state index is 5.52. The van der Waals surface area contributed by atoms with Crippen molar-refractivity contribution in [2.45, 2.75) is 26.6 Å². The number of nitrogens with one attached hydrogen (secondary N) is 1. The minimum Gasteiger partial charge on any atom is -0.468 e. The highest BCUT2D eigenvalue weighted by molar-refractivity contribution is 5.17. The fraction of sp³-hybridized carbons (Fsp3) is 0.400. The minimum absolute atomic E-state index is 0.794. The van der Waals surface area contributed by atoms with Crippen LogP contribution >= 0.6 is 0 Å². The van der Waals surface area contributed by atoms with Crippen LogP contribution in [0.2, 0.25) is 0 Å². The van der Waals surface area contributed by atoms with Gasteiger partial charge in [0.1, 0.15) is 5.76 Å². The number of pyridine rings is 1. The first-order valence-corrected chi connectivity index (χ1v) is 6.63. The Morgan fingerprint density at radius 3 is 2.74 bits per heavy atom. The topological polar surface area (TPSA) is 41.3 Å². The number of rotatable bonds is 7. The molecule has 0 amide bonds. The number of hydrogen-bond acceptors (Lipinski definition) is 4. The molecule has 0 spiro atoms. The van der Waals surface area contributed by atoms with Gasteiger partial charge >= 0.3 is 0 Å². The largest absolute Gasteiger partial charge is 0.468 e. The quantitative estimate of drug-likeness (QED) is 0.829. The number of aromatic nitrogens is 1. The fourth-order valence-corrected chi connectivity index (χ4v) is 2.05. The molecule has 1 N–H and O–H groups in total. The predicted molar refractivity (Wildman–Crippen MR) is 75.5 cm³/mol. The van der Waals surface area contributed by atoms with E-state index in [1.54, 1.807) is 6.26 Å². The zero-order valence-electron chi connectivity index (χ0n) is 11.6. The van der Waals surface area contributed by atoms with E-state index in [-0.39, 0.29) is 0 Å². The van der Waals surface area contributed by atoms with Crippen LogP contribution in [0.3, 0.4) is 0 Å². The molecule has 4 nitrogen and oxygen atoms in total. The van der Waals surface area contributed by atoms with Crippen LogP contribution < -0.4 is 5.32 Å². The summed E-state index contributed by atoms with van der Waals surface area (Å²) in [5, 5.41) is 3.29. The molecule has 2 rings (SSSR count). The van der Waals surface area contributed by atoms with Crippen LogP contribution in [0, 0.1) is 0 Å². The van der Waals surface area contributed by atoms with Crippen LogP contribution in [-0.2, 0) is 19.6 Å². The van der Waals surface area contributed by atoms with Crippen molar-refractivity contribution in [3.8, 4) is 0 Å². The summed E-state index contributed by atoms with van der Waals surface area (Å²) in [4.78, 5) is 6.31. The van der Waals surface area contributed by atoms with E-state index in [0.29, 0.717) is 0 Å². The molecule has 0 fully saturated rings. The highest BCUT2D eigenvalue weighted by Gasteiger charge is 2.08. The molecule has 0 saturated carbocycles. The maximum Gasteiger partial charge on any atom is 0.122 e. The molecule has 0 bridgehead atoms. The lowest BCUT2D eigenvalue weighted by Gasteiger charge is -2.16. The Labute approximate surface area is 114 Å². The van der Waals surface area contributed by atoms with Crippen molar-refractivity contribution < 1.29 is 4.42 Å². The molecule has 4 heteroatoms. The molecule has 2 heterocycles. The van der Waals surface area contributed by atoms with E-state index in [1.807, 2.05) is 24.5 Å². The monoisotopic (exact) mass is 259 g/mol. The first-order valence-electron chi connectivity index (χ1n) is 6.63. The van der Waals surface area contributed by atoms with Gasteiger partial charge in [-0.15, -0.1) is 0 Å². The SMILES string of the molecule is CCNCc1occc1CN(C)Cc1ccncc1. The summed E-state index contributed by atoms with van der Waals surface area (Å²) in [6, 6.07) is 6.15. The second kappa shape index (κ2) is 7.07. The van der Waals surface area contributed by atoms with Crippen molar-refractivity contribution in [2.75, 3.05) is 13.6 Å². The lowest BCUT2D eigenvalue weighted by Crippen LogP contribution is -2.19. The molecule has 0 aliphatic rings. The smallest absolute Gasteiger partial charge is 0.122 e. The maximum atomic E-state index is 5.52. The van der Waals surface area contributed by atoms with E-state index in [1.165, 1.54) is 11.1 Å². The van der Waals surface area contributed by atoms with E-state index in [2.05, 4.69) is 35.2 Å². The van der Waals surface area contributed by atoms with Crippen molar-refractivity contribution in [1.29, 1.82) is 0 Å². The van der Waals surface area contributed by atoms with E-state index in [9.17, 15) is 0 Å². The van der Waals surface area contributed by atoms with Crippen molar-refractivity contribution in [2.24, 2.45) is 0 Å². The Bertz CT molecular complexity index is 481. The van der Waals surface area contributed by atoms with Gasteiger partial charge in [0.2, 0.25) is 0 Å². The van der Waals surface area contributed by atoms with Gasteiger partial charge in [-0.25, -0.2) is 0 Å². The highest BCUT2D eigenvalue weighted by Crippen LogP contribution is 2.14. The molecule has 19 heavy (non-hydrogen) atoms. The van der Waals surface area contributed by atoms with E-state index >= 15 is 0 Å². The van der Waals surface area contributed by atoms with Gasteiger partial charge in [0.15, 0.2) is 0 Å². The molecule has 0 saturated heterocycles. The average Bonchev–Trinajstić information content (AvgIpc) is 2.84. The van der Waals surface area contributed by atoms with Crippen LogP contribution in [0.5, 0.6) is 0 Å². The van der Waals surface area contributed by atoms with Gasteiger partial charge < -0.3 is 9.73 Å². The summed E-state index contributed by atoms with van der Waals surface area (Å²) in [5.41, 5.74) is 2.52. The van der Waals surface area contributed by atoms with Gasteiger partial charge in [-0.2, -0.15) is 0 Å². The van der Waals surface area contributed by atoms with Crippen molar-refractivity contribution in [3.63, 3.8) is 0 Å². The first-order chi connectivity index (χ1) is 9.29. The Morgan fingerprint density at radius 2 is 2.00 bits per heavy atom. The third-order valence-electron chi connectivity index (χ3n) is 3.02. The lowest BCUT2D eigenvalue weighted by molar-refractivity contribution is 0.314. The third-order valence-corrected chi connectivity index (χ3v) is 3.02. The fourth-order valence-electron chi connectivity index (χ4n) is 2.05.